The van der Waals surface area contributed by atoms with Gasteiger partial charge in [-0.3, -0.25) is 4.79 Å². The zero-order chi connectivity index (χ0) is 17.4. The average molecular weight is 327 g/mol. The van der Waals surface area contributed by atoms with Crippen molar-refractivity contribution < 1.29 is 19.1 Å². The largest absolute Gasteiger partial charge is 0.462 e. The van der Waals surface area contributed by atoms with Gasteiger partial charge < -0.3 is 14.8 Å². The van der Waals surface area contributed by atoms with Crippen LogP contribution in [0, 0.1) is 0 Å². The van der Waals surface area contributed by atoms with Crippen LogP contribution in [0.1, 0.15) is 34.6 Å². The van der Waals surface area contributed by atoms with Gasteiger partial charge in [-0.2, -0.15) is 0 Å². The molecule has 0 unspecified atom stereocenters. The SMILES string of the molecule is CCOC(=O)c1ccccc1N[C@H](OCC)C(=O)c1ccccc1. The molecule has 0 aliphatic rings. The number of carbonyl (C=O) groups is 2. The molecular weight excluding hydrogens is 306 g/mol. The molecule has 0 radical (unpaired) electrons. The lowest BCUT2D eigenvalue weighted by molar-refractivity contribution is 0.0515. The van der Waals surface area contributed by atoms with Gasteiger partial charge in [0, 0.05) is 12.2 Å². The monoisotopic (exact) mass is 327 g/mol. The third-order valence-electron chi connectivity index (χ3n) is 3.34. The fourth-order valence-corrected chi connectivity index (χ4v) is 2.24. The van der Waals surface area contributed by atoms with Crippen LogP contribution in [0.4, 0.5) is 5.69 Å². The Hall–Kier alpha value is -2.66. The van der Waals surface area contributed by atoms with E-state index in [4.69, 9.17) is 9.47 Å². The Morgan fingerprint density at radius 1 is 0.958 bits per heavy atom. The number of ketones is 1. The quantitative estimate of drug-likeness (QED) is 0.456. The van der Waals surface area contributed by atoms with Crippen molar-refractivity contribution in [1.29, 1.82) is 0 Å². The lowest BCUT2D eigenvalue weighted by Gasteiger charge is -2.20. The zero-order valence-corrected chi connectivity index (χ0v) is 13.8. The maximum atomic E-state index is 12.6. The Balaban J connectivity index is 2.25. The summed E-state index contributed by atoms with van der Waals surface area (Å²) in [5, 5.41) is 3.01. The molecule has 0 spiro atoms. The number of carbonyl (C=O) groups excluding carboxylic acids is 2. The van der Waals surface area contributed by atoms with E-state index in [0.717, 1.165) is 0 Å². The maximum absolute atomic E-state index is 12.6. The Labute approximate surface area is 141 Å². The molecule has 0 heterocycles. The van der Waals surface area contributed by atoms with Crippen molar-refractivity contribution in [2.75, 3.05) is 18.5 Å². The number of nitrogens with one attached hydrogen (secondary N) is 1. The molecular formula is C19H21NO4. The molecule has 24 heavy (non-hydrogen) atoms. The molecule has 0 aromatic heterocycles. The molecule has 0 saturated carbocycles. The first-order valence-corrected chi connectivity index (χ1v) is 7.91. The Bertz CT molecular complexity index is 685. The summed E-state index contributed by atoms with van der Waals surface area (Å²) in [5.74, 6) is -0.640. The van der Waals surface area contributed by atoms with E-state index >= 15 is 0 Å². The van der Waals surface area contributed by atoms with Crippen LogP contribution in [0.2, 0.25) is 0 Å². The van der Waals surface area contributed by atoms with E-state index in [0.29, 0.717) is 23.4 Å². The highest BCUT2D eigenvalue weighted by Crippen LogP contribution is 2.19. The summed E-state index contributed by atoms with van der Waals surface area (Å²) in [6, 6.07) is 15.8. The van der Waals surface area contributed by atoms with Crippen molar-refractivity contribution in [2.24, 2.45) is 0 Å². The van der Waals surface area contributed by atoms with Gasteiger partial charge >= 0.3 is 5.97 Å². The van der Waals surface area contributed by atoms with E-state index in [9.17, 15) is 9.59 Å². The molecule has 0 aliphatic carbocycles. The van der Waals surface area contributed by atoms with E-state index < -0.39 is 12.2 Å². The normalized spacial score (nSPS) is 11.6. The molecule has 0 aliphatic heterocycles. The minimum atomic E-state index is -0.882. The molecule has 5 nitrogen and oxygen atoms in total. The molecule has 0 amide bonds. The smallest absolute Gasteiger partial charge is 0.340 e. The number of rotatable bonds is 8. The summed E-state index contributed by atoms with van der Waals surface area (Å²) < 4.78 is 10.6. The first-order valence-electron chi connectivity index (χ1n) is 7.91. The van der Waals surface area contributed by atoms with Crippen LogP contribution in [0.15, 0.2) is 54.6 Å². The Kier molecular flexibility index (Phi) is 6.51. The third kappa shape index (κ3) is 4.43. The fraction of sp³-hybridized carbons (Fsp3) is 0.263. The summed E-state index contributed by atoms with van der Waals surface area (Å²) in [6.07, 6.45) is -0.882. The topological polar surface area (TPSA) is 64.6 Å². The van der Waals surface area contributed by atoms with Crippen LogP contribution in [0.3, 0.4) is 0 Å². The summed E-state index contributed by atoms with van der Waals surface area (Å²) in [4.78, 5) is 24.7. The number of benzene rings is 2. The molecule has 0 saturated heterocycles. The highest BCUT2D eigenvalue weighted by molar-refractivity contribution is 6.02. The predicted molar refractivity (Wildman–Crippen MR) is 92.2 cm³/mol. The first kappa shape index (κ1) is 17.7. The van der Waals surface area contributed by atoms with Crippen molar-refractivity contribution in [3.63, 3.8) is 0 Å². The predicted octanol–water partition coefficient (Wildman–Crippen LogP) is 3.52. The van der Waals surface area contributed by atoms with E-state index in [1.807, 2.05) is 13.0 Å². The van der Waals surface area contributed by atoms with Crippen molar-refractivity contribution >= 4 is 17.4 Å². The second kappa shape index (κ2) is 8.84. The molecule has 2 rings (SSSR count). The van der Waals surface area contributed by atoms with Gasteiger partial charge in [0.05, 0.1) is 17.9 Å². The lowest BCUT2D eigenvalue weighted by Crippen LogP contribution is -2.33. The lowest BCUT2D eigenvalue weighted by atomic mass is 10.1. The second-order valence-electron chi connectivity index (χ2n) is 4.98. The molecule has 2 aromatic rings. The molecule has 0 bridgehead atoms. The van der Waals surface area contributed by atoms with Crippen LogP contribution < -0.4 is 5.32 Å². The van der Waals surface area contributed by atoms with Crippen LogP contribution in [-0.2, 0) is 9.47 Å². The van der Waals surface area contributed by atoms with Gasteiger partial charge in [0.2, 0.25) is 5.78 Å². The number of anilines is 1. The number of esters is 1. The fourth-order valence-electron chi connectivity index (χ4n) is 2.24. The maximum Gasteiger partial charge on any atom is 0.340 e. The van der Waals surface area contributed by atoms with Gasteiger partial charge in [0.25, 0.3) is 0 Å². The molecule has 126 valence electrons. The summed E-state index contributed by atoms with van der Waals surface area (Å²) in [6.45, 7) is 4.20. The first-order chi connectivity index (χ1) is 11.7. The number of hydrogen-bond acceptors (Lipinski definition) is 5. The Morgan fingerprint density at radius 2 is 1.62 bits per heavy atom. The standard InChI is InChI=1S/C19H21NO4/c1-3-23-18(17(21)14-10-6-5-7-11-14)20-16-13-9-8-12-15(16)19(22)24-4-2/h5-13,18,20H,3-4H2,1-2H3/t18-/m1/s1. The molecule has 1 atom stereocenters. The molecule has 2 aromatic carbocycles. The zero-order valence-electron chi connectivity index (χ0n) is 13.8. The molecule has 1 N–H and O–H groups in total. The van der Waals surface area contributed by atoms with Gasteiger partial charge in [-0.05, 0) is 26.0 Å². The summed E-state index contributed by atoms with van der Waals surface area (Å²) in [7, 11) is 0. The van der Waals surface area contributed by atoms with Crippen LogP contribution in [-0.4, -0.2) is 31.2 Å². The summed E-state index contributed by atoms with van der Waals surface area (Å²) >= 11 is 0. The van der Waals surface area contributed by atoms with Crippen LogP contribution >= 0.6 is 0 Å². The van der Waals surface area contributed by atoms with Crippen LogP contribution in [0.25, 0.3) is 0 Å². The average Bonchev–Trinajstić information content (AvgIpc) is 2.62. The minimum absolute atomic E-state index is 0.198. The van der Waals surface area contributed by atoms with Gasteiger partial charge in [0.1, 0.15) is 0 Å². The van der Waals surface area contributed by atoms with Gasteiger partial charge in [-0.25, -0.2) is 4.79 Å². The minimum Gasteiger partial charge on any atom is -0.462 e. The number of hydrogen-bond donors (Lipinski definition) is 1. The van der Waals surface area contributed by atoms with Gasteiger partial charge in [-0.15, -0.1) is 0 Å². The van der Waals surface area contributed by atoms with Crippen molar-refractivity contribution in [3.05, 3.63) is 65.7 Å². The summed E-state index contributed by atoms with van der Waals surface area (Å²) in [5.41, 5.74) is 1.40. The highest BCUT2D eigenvalue weighted by atomic mass is 16.5. The second-order valence-corrected chi connectivity index (χ2v) is 4.98. The van der Waals surface area contributed by atoms with E-state index in [-0.39, 0.29) is 12.4 Å². The van der Waals surface area contributed by atoms with E-state index in [1.165, 1.54) is 0 Å². The van der Waals surface area contributed by atoms with E-state index in [2.05, 4.69) is 5.32 Å². The van der Waals surface area contributed by atoms with Crippen molar-refractivity contribution in [2.45, 2.75) is 20.1 Å². The van der Waals surface area contributed by atoms with E-state index in [1.54, 1.807) is 55.5 Å². The third-order valence-corrected chi connectivity index (χ3v) is 3.34. The molecule has 0 fully saturated rings. The number of Topliss-reactive ketones (excluding diaryl/α,β-unsaturated/α-hetero) is 1. The number of ether oxygens (including phenoxy) is 2. The van der Waals surface area contributed by atoms with Crippen molar-refractivity contribution in [1.82, 2.24) is 0 Å². The van der Waals surface area contributed by atoms with Gasteiger partial charge in [-0.1, -0.05) is 42.5 Å². The number of para-hydroxylation sites is 1. The Morgan fingerprint density at radius 3 is 2.29 bits per heavy atom. The van der Waals surface area contributed by atoms with Gasteiger partial charge in [0.15, 0.2) is 6.23 Å². The molecule has 5 heteroatoms. The van der Waals surface area contributed by atoms with Crippen molar-refractivity contribution in [3.8, 4) is 0 Å². The highest BCUT2D eigenvalue weighted by Gasteiger charge is 2.22. The van der Waals surface area contributed by atoms with Crippen LogP contribution in [0.5, 0.6) is 0 Å².